The van der Waals surface area contributed by atoms with Gasteiger partial charge in [0, 0.05) is 49.2 Å². The lowest BCUT2D eigenvalue weighted by Gasteiger charge is -2.33. The lowest BCUT2D eigenvalue weighted by atomic mass is 10.0. The first-order valence-electron chi connectivity index (χ1n) is 12.6. The van der Waals surface area contributed by atoms with Crippen molar-refractivity contribution in [3.63, 3.8) is 0 Å². The van der Waals surface area contributed by atoms with E-state index >= 15 is 0 Å². The van der Waals surface area contributed by atoms with Gasteiger partial charge in [-0.3, -0.25) is 4.79 Å². The highest BCUT2D eigenvalue weighted by Gasteiger charge is 2.22. The van der Waals surface area contributed by atoms with Crippen LogP contribution in [0.3, 0.4) is 0 Å². The number of ether oxygens (including phenoxy) is 1. The Morgan fingerprint density at radius 2 is 1.72 bits per heavy atom. The number of benzene rings is 1. The molecule has 32 heavy (non-hydrogen) atoms. The van der Waals surface area contributed by atoms with E-state index in [2.05, 4.69) is 33.9 Å². The fourth-order valence-electron chi connectivity index (χ4n) is 4.79. The number of aromatic amines is 1. The number of likely N-dealkylation sites (tertiary alicyclic amines) is 2. The van der Waals surface area contributed by atoms with E-state index < -0.39 is 0 Å². The quantitative estimate of drug-likeness (QED) is 0.643. The van der Waals surface area contributed by atoms with Gasteiger partial charge in [0.25, 0.3) is 5.91 Å². The van der Waals surface area contributed by atoms with Crippen LogP contribution in [-0.2, 0) is 0 Å². The number of carbonyl (C=O) groups excluding carboxylic acids is 1. The summed E-state index contributed by atoms with van der Waals surface area (Å²) in [5.74, 6) is 1.32. The largest absolute Gasteiger partial charge is 0.493 e. The second-order valence-corrected chi connectivity index (χ2v) is 9.98. The highest BCUT2D eigenvalue weighted by atomic mass is 16.5. The first-order chi connectivity index (χ1) is 15.6. The van der Waals surface area contributed by atoms with Crippen LogP contribution in [0, 0.1) is 5.92 Å². The fraction of sp³-hybridized carbons (Fsp3) is 0.654. The van der Waals surface area contributed by atoms with Gasteiger partial charge < -0.3 is 24.8 Å². The maximum Gasteiger partial charge on any atom is 0.267 e. The first kappa shape index (κ1) is 23.1. The Bertz CT molecular complexity index is 862. The molecule has 0 spiro atoms. The zero-order chi connectivity index (χ0) is 22.3. The van der Waals surface area contributed by atoms with E-state index in [9.17, 15) is 4.79 Å². The van der Waals surface area contributed by atoms with Crippen molar-refractivity contribution in [2.24, 2.45) is 5.92 Å². The van der Waals surface area contributed by atoms with Crippen molar-refractivity contribution < 1.29 is 9.53 Å². The normalized spacial score (nSPS) is 19.3. The number of hydrogen-bond acceptors (Lipinski definition) is 4. The summed E-state index contributed by atoms with van der Waals surface area (Å²) >= 11 is 0. The van der Waals surface area contributed by atoms with Crippen LogP contribution >= 0.6 is 0 Å². The molecule has 4 rings (SSSR count). The lowest BCUT2D eigenvalue weighted by molar-refractivity contribution is 0.0902. The molecule has 6 nitrogen and oxygen atoms in total. The molecule has 0 saturated carbocycles. The molecule has 1 amide bonds. The minimum Gasteiger partial charge on any atom is -0.493 e. The number of nitrogens with one attached hydrogen (secondary N) is 2. The van der Waals surface area contributed by atoms with Gasteiger partial charge in [-0.05, 0) is 62.9 Å². The Morgan fingerprint density at radius 3 is 2.41 bits per heavy atom. The van der Waals surface area contributed by atoms with Gasteiger partial charge in [-0.1, -0.05) is 26.7 Å². The molecule has 1 aromatic carbocycles. The molecule has 2 aliphatic rings. The Kier molecular flexibility index (Phi) is 8.09. The summed E-state index contributed by atoms with van der Waals surface area (Å²) in [4.78, 5) is 21.3. The molecular formula is C26H40N4O2. The Morgan fingerprint density at radius 1 is 1.03 bits per heavy atom. The zero-order valence-electron chi connectivity index (χ0n) is 19.9. The minimum absolute atomic E-state index is 0.00568. The number of nitrogens with zero attached hydrogens (tertiary/aromatic N) is 2. The number of amides is 1. The molecule has 6 heteroatoms. The highest BCUT2D eigenvalue weighted by Crippen LogP contribution is 2.22. The Labute approximate surface area is 192 Å². The van der Waals surface area contributed by atoms with E-state index in [0.29, 0.717) is 18.2 Å². The number of piperidine rings is 1. The van der Waals surface area contributed by atoms with E-state index in [1.807, 2.05) is 24.3 Å². The minimum atomic E-state index is -0.00568. The second-order valence-electron chi connectivity index (χ2n) is 9.98. The summed E-state index contributed by atoms with van der Waals surface area (Å²) in [6.45, 7) is 12.0. The zero-order valence-corrected chi connectivity index (χ0v) is 19.9. The Hall–Kier alpha value is -2.05. The van der Waals surface area contributed by atoms with E-state index in [0.717, 1.165) is 49.1 Å². The Balaban J connectivity index is 1.23. The third-order valence-corrected chi connectivity index (χ3v) is 6.78. The third kappa shape index (κ3) is 6.48. The van der Waals surface area contributed by atoms with Crippen LogP contribution in [0.25, 0.3) is 10.9 Å². The predicted molar refractivity (Wildman–Crippen MR) is 130 cm³/mol. The molecule has 176 valence electrons. The first-order valence-corrected chi connectivity index (χ1v) is 12.6. The number of carbonyl (C=O) groups is 1. The summed E-state index contributed by atoms with van der Waals surface area (Å²) in [5.41, 5.74) is 1.57. The molecular weight excluding hydrogens is 400 g/mol. The van der Waals surface area contributed by atoms with Gasteiger partial charge in [0.05, 0.1) is 6.61 Å². The molecule has 0 bridgehead atoms. The average Bonchev–Trinajstić information content (AvgIpc) is 3.04. The number of rotatable bonds is 8. The standard InChI is InChI=1S/C26H40N4O2/c1-20(2)19-32-23-8-7-21-17-25(28-24(21)18-23)26(31)27-22-9-13-30(14-10-22)16-15-29-11-5-3-4-6-12-29/h7-8,17-18,20,22,28H,3-6,9-16,19H2,1-2H3,(H,27,31). The highest BCUT2D eigenvalue weighted by molar-refractivity contribution is 5.98. The molecule has 1 aromatic heterocycles. The maximum atomic E-state index is 12.8. The van der Waals surface area contributed by atoms with Crippen LogP contribution in [-0.4, -0.2) is 72.6 Å². The van der Waals surface area contributed by atoms with Crippen LogP contribution in [0.1, 0.15) is 62.9 Å². The fourth-order valence-corrected chi connectivity index (χ4v) is 4.79. The van der Waals surface area contributed by atoms with E-state index in [4.69, 9.17) is 4.74 Å². The number of hydrogen-bond donors (Lipinski definition) is 2. The van der Waals surface area contributed by atoms with Crippen molar-refractivity contribution >= 4 is 16.8 Å². The summed E-state index contributed by atoms with van der Waals surface area (Å²) in [7, 11) is 0. The topological polar surface area (TPSA) is 60.6 Å². The number of aromatic nitrogens is 1. The van der Waals surface area contributed by atoms with Gasteiger partial charge in [-0.25, -0.2) is 0 Å². The van der Waals surface area contributed by atoms with E-state index in [1.165, 1.54) is 45.3 Å². The van der Waals surface area contributed by atoms with Gasteiger partial charge in [0.1, 0.15) is 11.4 Å². The molecule has 0 aliphatic carbocycles. The van der Waals surface area contributed by atoms with Gasteiger partial charge in [-0.15, -0.1) is 0 Å². The van der Waals surface area contributed by atoms with Crippen LogP contribution in [0.5, 0.6) is 5.75 Å². The molecule has 2 aromatic rings. The SMILES string of the molecule is CC(C)COc1ccc2cc(C(=O)NC3CCN(CCN4CCCCCC4)CC3)[nH]c2c1. The molecule has 0 atom stereocenters. The van der Waals surface area contributed by atoms with Crippen LogP contribution < -0.4 is 10.1 Å². The number of H-pyrrole nitrogens is 1. The summed E-state index contributed by atoms with van der Waals surface area (Å²) in [6, 6.07) is 8.17. The van der Waals surface area contributed by atoms with Crippen molar-refractivity contribution in [1.82, 2.24) is 20.1 Å². The van der Waals surface area contributed by atoms with Crippen molar-refractivity contribution in [3.05, 3.63) is 30.0 Å². The summed E-state index contributed by atoms with van der Waals surface area (Å²) in [5, 5.41) is 4.28. The van der Waals surface area contributed by atoms with Crippen molar-refractivity contribution in [3.8, 4) is 5.75 Å². The van der Waals surface area contributed by atoms with Crippen molar-refractivity contribution in [1.29, 1.82) is 0 Å². The summed E-state index contributed by atoms with van der Waals surface area (Å²) < 4.78 is 5.81. The van der Waals surface area contributed by atoms with E-state index in [1.54, 1.807) is 0 Å². The molecule has 0 radical (unpaired) electrons. The van der Waals surface area contributed by atoms with Gasteiger partial charge in [0.15, 0.2) is 0 Å². The lowest BCUT2D eigenvalue weighted by Crippen LogP contribution is -2.46. The molecule has 2 N–H and O–H groups in total. The van der Waals surface area contributed by atoms with E-state index in [-0.39, 0.29) is 11.9 Å². The molecule has 2 fully saturated rings. The molecule has 0 unspecified atom stereocenters. The molecule has 2 aliphatic heterocycles. The number of fused-ring (bicyclic) bond motifs is 1. The average molecular weight is 441 g/mol. The van der Waals surface area contributed by atoms with Crippen molar-refractivity contribution in [2.45, 2.75) is 58.4 Å². The molecule has 2 saturated heterocycles. The van der Waals surface area contributed by atoms with Crippen LogP contribution in [0.4, 0.5) is 0 Å². The van der Waals surface area contributed by atoms with Gasteiger partial charge in [-0.2, -0.15) is 0 Å². The molecule has 3 heterocycles. The van der Waals surface area contributed by atoms with Crippen LogP contribution in [0.15, 0.2) is 24.3 Å². The summed E-state index contributed by atoms with van der Waals surface area (Å²) in [6.07, 6.45) is 7.55. The van der Waals surface area contributed by atoms with Crippen LogP contribution in [0.2, 0.25) is 0 Å². The third-order valence-electron chi connectivity index (χ3n) is 6.78. The second kappa shape index (κ2) is 11.2. The maximum absolute atomic E-state index is 12.8. The predicted octanol–water partition coefficient (Wildman–Crippen LogP) is 4.27. The van der Waals surface area contributed by atoms with Gasteiger partial charge in [0.2, 0.25) is 0 Å². The monoisotopic (exact) mass is 440 g/mol. The smallest absolute Gasteiger partial charge is 0.267 e. The van der Waals surface area contributed by atoms with Crippen molar-refractivity contribution in [2.75, 3.05) is 45.9 Å². The van der Waals surface area contributed by atoms with Gasteiger partial charge >= 0.3 is 0 Å².